The lowest BCUT2D eigenvalue weighted by atomic mass is 9.46. The first kappa shape index (κ1) is 22.8. The highest BCUT2D eigenvalue weighted by molar-refractivity contribution is 5.85. The molecule has 6 nitrogen and oxygen atoms in total. The number of likely N-dealkylation sites (N-methyl/N-ethyl adjacent to an activating group) is 1. The summed E-state index contributed by atoms with van der Waals surface area (Å²) in [5, 5.41) is 20.1. The molecule has 0 unspecified atom stereocenters. The molecular weight excluding hydrogens is 390 g/mol. The van der Waals surface area contributed by atoms with Crippen LogP contribution >= 0.6 is 0 Å². The lowest BCUT2D eigenvalue weighted by Crippen LogP contribution is -2.51. The summed E-state index contributed by atoms with van der Waals surface area (Å²) in [6.45, 7) is 8.22. The molecule has 6 heteroatoms. The first-order chi connectivity index (χ1) is 14.8. The zero-order valence-electron chi connectivity index (χ0n) is 19.7. The molecule has 0 radical (unpaired) electrons. The Morgan fingerprint density at radius 3 is 2.74 bits per heavy atom. The van der Waals surface area contributed by atoms with Gasteiger partial charge in [0.15, 0.2) is 0 Å². The van der Waals surface area contributed by atoms with Crippen molar-refractivity contribution in [2.75, 3.05) is 20.1 Å². The molecule has 31 heavy (non-hydrogen) atoms. The quantitative estimate of drug-likeness (QED) is 0.200. The average Bonchev–Trinajstić information content (AvgIpc) is 3.10. The fraction of sp³-hybridized carbons (Fsp3) is 0.840. The molecule has 4 aliphatic carbocycles. The lowest BCUT2D eigenvalue weighted by molar-refractivity contribution is -0.0479. The van der Waals surface area contributed by atoms with Crippen LogP contribution < -0.4 is 10.6 Å². The van der Waals surface area contributed by atoms with Crippen molar-refractivity contribution >= 4 is 11.8 Å². The van der Waals surface area contributed by atoms with E-state index in [9.17, 15) is 9.90 Å². The number of carbonyl (C=O) groups excluding carboxylic acids is 1. The van der Waals surface area contributed by atoms with Crippen LogP contribution in [0.15, 0.2) is 16.8 Å². The van der Waals surface area contributed by atoms with Gasteiger partial charge in [0, 0.05) is 19.0 Å². The normalized spacial score (nSPS) is 42.2. The van der Waals surface area contributed by atoms with Gasteiger partial charge in [-0.05, 0) is 93.9 Å². The fourth-order valence-electron chi connectivity index (χ4n) is 7.90. The van der Waals surface area contributed by atoms with Crippen LogP contribution in [0.4, 0.5) is 4.79 Å². The Labute approximate surface area is 187 Å². The Balaban J connectivity index is 1.45. The summed E-state index contributed by atoms with van der Waals surface area (Å²) in [5.74, 6) is 2.61. The number of carbonyl (C=O) groups is 1. The third-order valence-electron chi connectivity index (χ3n) is 9.51. The zero-order chi connectivity index (χ0) is 22.2. The average molecular weight is 432 g/mol. The molecule has 0 aromatic carbocycles. The van der Waals surface area contributed by atoms with E-state index in [2.05, 4.69) is 35.7 Å². The van der Waals surface area contributed by atoms with E-state index in [4.69, 9.17) is 4.84 Å². The zero-order valence-corrected chi connectivity index (χ0v) is 19.7. The molecule has 0 bridgehead atoms. The van der Waals surface area contributed by atoms with Gasteiger partial charge in [0.25, 0.3) is 0 Å². The molecule has 0 aliphatic heterocycles. The van der Waals surface area contributed by atoms with Gasteiger partial charge >= 0.3 is 6.09 Å². The molecular formula is C25H41N3O3. The summed E-state index contributed by atoms with van der Waals surface area (Å²) in [6, 6.07) is 0. The van der Waals surface area contributed by atoms with Gasteiger partial charge in [-0.2, -0.15) is 0 Å². The molecule has 174 valence electrons. The smallest absolute Gasteiger partial charge is 0.389 e. The van der Waals surface area contributed by atoms with Crippen LogP contribution in [0.3, 0.4) is 0 Å². The van der Waals surface area contributed by atoms with Gasteiger partial charge in [-0.15, -0.1) is 0 Å². The van der Waals surface area contributed by atoms with Gasteiger partial charge in [-0.1, -0.05) is 30.7 Å². The highest BCUT2D eigenvalue weighted by atomic mass is 16.7. The van der Waals surface area contributed by atoms with Crippen LogP contribution in [0.2, 0.25) is 0 Å². The molecule has 4 aliphatic rings. The molecule has 0 aromatic rings. The van der Waals surface area contributed by atoms with E-state index in [-0.39, 0.29) is 16.9 Å². The Hall–Kier alpha value is -1.40. The third-order valence-corrected chi connectivity index (χ3v) is 9.51. The van der Waals surface area contributed by atoms with Gasteiger partial charge in [0.2, 0.25) is 0 Å². The molecule has 0 spiro atoms. The standard InChI is InChI=1S/C25H41N3O3/c1-16(28-31-23(30)27-14-13-26-4)20-7-8-21-19-6-5-17-15-18(29)9-11-24(17,2)22(19)10-12-25(20,21)3/h15,18-22,26,29H,5-14H2,1-4H3,(H,27,30)/b28-16+/t18-,19-,20+,21-,22-,24-,25+/m0/s1. The van der Waals surface area contributed by atoms with E-state index in [0.29, 0.717) is 19.0 Å². The van der Waals surface area contributed by atoms with E-state index in [1.165, 1.54) is 31.3 Å². The number of amides is 1. The van der Waals surface area contributed by atoms with E-state index < -0.39 is 6.09 Å². The second-order valence-corrected chi connectivity index (χ2v) is 10.9. The molecule has 1 amide bonds. The summed E-state index contributed by atoms with van der Waals surface area (Å²) >= 11 is 0. The maximum absolute atomic E-state index is 11.9. The monoisotopic (exact) mass is 431 g/mol. The van der Waals surface area contributed by atoms with Crippen molar-refractivity contribution in [2.24, 2.45) is 39.7 Å². The first-order valence-corrected chi connectivity index (χ1v) is 12.3. The van der Waals surface area contributed by atoms with Crippen molar-refractivity contribution < 1.29 is 14.7 Å². The van der Waals surface area contributed by atoms with Crippen LogP contribution in [0.5, 0.6) is 0 Å². The van der Waals surface area contributed by atoms with Gasteiger partial charge in [0.05, 0.1) is 11.8 Å². The molecule has 3 fully saturated rings. The van der Waals surface area contributed by atoms with Crippen molar-refractivity contribution in [1.29, 1.82) is 0 Å². The maximum atomic E-state index is 11.9. The summed E-state index contributed by atoms with van der Waals surface area (Å²) < 4.78 is 0. The molecule has 3 saturated carbocycles. The second kappa shape index (κ2) is 8.86. The Morgan fingerprint density at radius 1 is 1.16 bits per heavy atom. The molecule has 0 heterocycles. The van der Waals surface area contributed by atoms with Crippen LogP contribution in [0.1, 0.15) is 72.1 Å². The van der Waals surface area contributed by atoms with E-state index in [0.717, 1.165) is 49.1 Å². The third kappa shape index (κ3) is 4.06. The molecule has 3 N–H and O–H groups in total. The van der Waals surface area contributed by atoms with E-state index in [1.54, 1.807) is 0 Å². The highest BCUT2D eigenvalue weighted by Gasteiger charge is 2.59. The largest absolute Gasteiger partial charge is 0.433 e. The number of rotatable bonds is 5. The minimum Gasteiger partial charge on any atom is -0.389 e. The number of hydrogen-bond donors (Lipinski definition) is 3. The lowest BCUT2D eigenvalue weighted by Gasteiger charge is -2.58. The van der Waals surface area contributed by atoms with Crippen molar-refractivity contribution in [3.05, 3.63) is 11.6 Å². The number of oxime groups is 1. The van der Waals surface area contributed by atoms with Gasteiger partial charge < -0.3 is 15.7 Å². The summed E-state index contributed by atoms with van der Waals surface area (Å²) in [6.07, 6.45) is 10.8. The Kier molecular flexibility index (Phi) is 6.51. The Bertz CT molecular complexity index is 750. The SMILES string of the molecule is CNCCNC(=O)O/N=C(\C)[C@H]1CC[C@H]2[C@@H]3CCC4=C[C@@H](O)CC[C@]4(C)[C@H]3CC[C@]12C. The number of nitrogens with one attached hydrogen (secondary N) is 2. The van der Waals surface area contributed by atoms with Crippen molar-refractivity contribution in [2.45, 2.75) is 78.2 Å². The molecule has 7 atom stereocenters. The summed E-state index contributed by atoms with van der Waals surface area (Å²) in [5.41, 5.74) is 3.02. The topological polar surface area (TPSA) is 83.0 Å². The number of fused-ring (bicyclic) bond motifs is 5. The van der Waals surface area contributed by atoms with Crippen LogP contribution in [-0.4, -0.2) is 43.2 Å². The Morgan fingerprint density at radius 2 is 1.97 bits per heavy atom. The van der Waals surface area contributed by atoms with Crippen LogP contribution in [0.25, 0.3) is 0 Å². The van der Waals surface area contributed by atoms with Gasteiger partial charge in [-0.25, -0.2) is 4.79 Å². The van der Waals surface area contributed by atoms with Gasteiger partial charge in [-0.3, -0.25) is 4.84 Å². The first-order valence-electron chi connectivity index (χ1n) is 12.3. The summed E-state index contributed by atoms with van der Waals surface area (Å²) in [4.78, 5) is 17.1. The fourth-order valence-corrected chi connectivity index (χ4v) is 7.90. The minimum atomic E-state index is -0.475. The number of aliphatic hydroxyl groups is 1. The van der Waals surface area contributed by atoms with E-state index >= 15 is 0 Å². The number of nitrogens with zero attached hydrogens (tertiary/aromatic N) is 1. The number of hydrogen-bond acceptors (Lipinski definition) is 5. The highest BCUT2D eigenvalue weighted by Crippen LogP contribution is 2.66. The molecule has 0 saturated heterocycles. The number of allylic oxidation sites excluding steroid dienone is 1. The van der Waals surface area contributed by atoms with Crippen LogP contribution in [-0.2, 0) is 4.84 Å². The minimum absolute atomic E-state index is 0.237. The van der Waals surface area contributed by atoms with Crippen LogP contribution in [0, 0.1) is 34.5 Å². The predicted octanol–water partition coefficient (Wildman–Crippen LogP) is 4.25. The molecule has 0 aromatic heterocycles. The van der Waals surface area contributed by atoms with E-state index in [1.807, 2.05) is 14.0 Å². The predicted molar refractivity (Wildman–Crippen MR) is 123 cm³/mol. The van der Waals surface area contributed by atoms with Crippen molar-refractivity contribution in [3.63, 3.8) is 0 Å². The maximum Gasteiger partial charge on any atom is 0.433 e. The van der Waals surface area contributed by atoms with Gasteiger partial charge in [0.1, 0.15) is 0 Å². The van der Waals surface area contributed by atoms with Crippen molar-refractivity contribution in [1.82, 2.24) is 10.6 Å². The van der Waals surface area contributed by atoms with Crippen molar-refractivity contribution in [3.8, 4) is 0 Å². The molecule has 4 rings (SSSR count). The second-order valence-electron chi connectivity index (χ2n) is 10.9. The summed E-state index contributed by atoms with van der Waals surface area (Å²) in [7, 11) is 1.85. The number of aliphatic hydroxyl groups excluding tert-OH is 1.